The fourth-order valence-electron chi connectivity index (χ4n) is 3.78. The molecule has 8 nitrogen and oxygen atoms in total. The van der Waals surface area contributed by atoms with Gasteiger partial charge in [0.15, 0.2) is 0 Å². The Balaban J connectivity index is 1.39. The molecule has 0 saturated carbocycles. The summed E-state index contributed by atoms with van der Waals surface area (Å²) in [6.07, 6.45) is 4.08. The number of likely N-dealkylation sites (N-methyl/N-ethyl adjacent to an activating group) is 1. The predicted molar refractivity (Wildman–Crippen MR) is 113 cm³/mol. The highest BCUT2D eigenvalue weighted by molar-refractivity contribution is 7.21. The quantitative estimate of drug-likeness (QED) is 0.702. The van der Waals surface area contributed by atoms with Crippen LogP contribution in [0.3, 0.4) is 0 Å². The molecular formula is C20H22N6O2S. The number of hydrogen-bond acceptors (Lipinski definition) is 8. The number of nitrogens with zero attached hydrogens (tertiary/aromatic N) is 6. The predicted octanol–water partition coefficient (Wildman–Crippen LogP) is 1.60. The lowest BCUT2D eigenvalue weighted by molar-refractivity contribution is -0.120. The molecule has 1 atom stereocenters. The Kier molecular flexibility index (Phi) is 4.65. The third-order valence-corrected chi connectivity index (χ3v) is 6.50. The lowest BCUT2D eigenvalue weighted by Gasteiger charge is -2.31. The number of aliphatic hydroxyl groups is 1. The van der Waals surface area contributed by atoms with Crippen LogP contribution in [0.2, 0.25) is 0 Å². The van der Waals surface area contributed by atoms with Crippen molar-refractivity contribution in [2.75, 3.05) is 49.6 Å². The van der Waals surface area contributed by atoms with Gasteiger partial charge in [-0.3, -0.25) is 14.6 Å². The maximum atomic E-state index is 12.3. The molecular weight excluding hydrogens is 388 g/mol. The first-order valence-electron chi connectivity index (χ1n) is 9.72. The minimum absolute atomic E-state index is 0.0714. The van der Waals surface area contributed by atoms with Crippen LogP contribution in [0.4, 0.5) is 11.6 Å². The second-order valence-electron chi connectivity index (χ2n) is 7.61. The number of hydrogen-bond donors (Lipinski definition) is 1. The van der Waals surface area contributed by atoms with Crippen molar-refractivity contribution in [3.8, 4) is 10.6 Å². The molecule has 0 aromatic carbocycles. The second-order valence-corrected chi connectivity index (χ2v) is 8.64. The summed E-state index contributed by atoms with van der Waals surface area (Å²) in [5.74, 6) is 1.64. The number of fused-ring (bicyclic) bond motifs is 1. The number of pyridine rings is 2. The standard InChI is InChI=1S/C20H22N6O2S/c1-24-6-7-26(19(28)12-24)18-8-16-15(10-22-18)23-20(29-16)13-2-3-17(21-9-13)25-5-4-14(27)11-25/h2-3,8-10,14,27H,4-7,11-12H2,1H3/t14-/m0/s1. The Bertz CT molecular complexity index is 1050. The van der Waals surface area contributed by atoms with Gasteiger partial charge in [-0.25, -0.2) is 15.0 Å². The maximum Gasteiger partial charge on any atom is 0.242 e. The molecule has 2 aliphatic rings. The fourth-order valence-corrected chi connectivity index (χ4v) is 4.73. The molecule has 0 radical (unpaired) electrons. The molecule has 1 amide bonds. The van der Waals surface area contributed by atoms with E-state index >= 15 is 0 Å². The van der Waals surface area contributed by atoms with Crippen LogP contribution in [0.1, 0.15) is 6.42 Å². The van der Waals surface area contributed by atoms with Gasteiger partial charge in [-0.1, -0.05) is 0 Å². The first kappa shape index (κ1) is 18.4. The number of β-amino-alcohol motifs (C(OH)–C–C–N with tert-alkyl or cyclic N) is 1. The van der Waals surface area contributed by atoms with Gasteiger partial charge in [0.05, 0.1) is 23.5 Å². The number of rotatable bonds is 3. The lowest BCUT2D eigenvalue weighted by Crippen LogP contribution is -2.49. The van der Waals surface area contributed by atoms with Crippen LogP contribution in [0.25, 0.3) is 20.8 Å². The van der Waals surface area contributed by atoms with Crippen molar-refractivity contribution in [3.05, 3.63) is 30.6 Å². The highest BCUT2D eigenvalue weighted by Crippen LogP contribution is 2.32. The van der Waals surface area contributed by atoms with Crippen molar-refractivity contribution in [1.82, 2.24) is 19.9 Å². The van der Waals surface area contributed by atoms with Gasteiger partial charge in [-0.2, -0.15) is 0 Å². The zero-order valence-corrected chi connectivity index (χ0v) is 17.0. The summed E-state index contributed by atoms with van der Waals surface area (Å²) < 4.78 is 1.00. The molecule has 1 N–H and O–H groups in total. The van der Waals surface area contributed by atoms with Crippen molar-refractivity contribution < 1.29 is 9.90 Å². The van der Waals surface area contributed by atoms with Crippen LogP contribution >= 0.6 is 11.3 Å². The third-order valence-electron chi connectivity index (χ3n) is 5.43. The Morgan fingerprint density at radius 2 is 2.00 bits per heavy atom. The van der Waals surface area contributed by atoms with Crippen LogP contribution in [-0.2, 0) is 4.79 Å². The van der Waals surface area contributed by atoms with Gasteiger partial charge in [-0.15, -0.1) is 11.3 Å². The number of carbonyl (C=O) groups excluding carboxylic acids is 1. The second kappa shape index (κ2) is 7.33. The fraction of sp³-hybridized carbons (Fsp3) is 0.400. The number of anilines is 2. The third kappa shape index (κ3) is 3.57. The minimum atomic E-state index is -0.269. The molecule has 3 aromatic rings. The van der Waals surface area contributed by atoms with Crippen molar-refractivity contribution in [2.24, 2.45) is 0 Å². The van der Waals surface area contributed by atoms with Gasteiger partial charge in [0.2, 0.25) is 5.91 Å². The molecule has 0 aliphatic carbocycles. The molecule has 9 heteroatoms. The monoisotopic (exact) mass is 410 g/mol. The topological polar surface area (TPSA) is 85.7 Å². The summed E-state index contributed by atoms with van der Waals surface area (Å²) in [5, 5.41) is 10.6. The van der Waals surface area contributed by atoms with Gasteiger partial charge in [-0.05, 0) is 25.6 Å². The van der Waals surface area contributed by atoms with Crippen molar-refractivity contribution in [3.63, 3.8) is 0 Å². The molecule has 3 aromatic heterocycles. The van der Waals surface area contributed by atoms with Gasteiger partial charge in [0, 0.05) is 44.0 Å². The molecule has 5 rings (SSSR count). The van der Waals surface area contributed by atoms with Crippen LogP contribution in [0, 0.1) is 0 Å². The van der Waals surface area contributed by atoms with Crippen molar-refractivity contribution in [2.45, 2.75) is 12.5 Å². The molecule has 29 heavy (non-hydrogen) atoms. The average molecular weight is 411 g/mol. The Morgan fingerprint density at radius 3 is 2.72 bits per heavy atom. The summed E-state index contributed by atoms with van der Waals surface area (Å²) >= 11 is 1.58. The van der Waals surface area contributed by atoms with Gasteiger partial charge >= 0.3 is 0 Å². The molecule has 2 aliphatic heterocycles. The molecule has 5 heterocycles. The molecule has 0 spiro atoms. The number of aromatic nitrogens is 3. The first-order chi connectivity index (χ1) is 14.1. The largest absolute Gasteiger partial charge is 0.391 e. The first-order valence-corrected chi connectivity index (χ1v) is 10.5. The van der Waals surface area contributed by atoms with Crippen LogP contribution < -0.4 is 9.80 Å². The van der Waals surface area contributed by atoms with Crippen LogP contribution in [0.15, 0.2) is 30.6 Å². The highest BCUT2D eigenvalue weighted by Gasteiger charge is 2.24. The molecule has 0 unspecified atom stereocenters. The number of piperazine rings is 1. The van der Waals surface area contributed by atoms with E-state index in [0.29, 0.717) is 25.5 Å². The summed E-state index contributed by atoms with van der Waals surface area (Å²) in [6, 6.07) is 5.95. The SMILES string of the molecule is CN1CCN(c2cc3sc(-c4ccc(N5CC[C@H](O)C5)nc4)nc3cn2)C(=O)C1. The molecule has 2 saturated heterocycles. The van der Waals surface area contributed by atoms with Crippen LogP contribution in [0.5, 0.6) is 0 Å². The highest BCUT2D eigenvalue weighted by atomic mass is 32.1. The van der Waals surface area contributed by atoms with Crippen molar-refractivity contribution in [1.29, 1.82) is 0 Å². The van der Waals surface area contributed by atoms with E-state index in [1.165, 1.54) is 0 Å². The number of amides is 1. The number of thiazole rings is 1. The Hall–Kier alpha value is -2.62. The zero-order valence-electron chi connectivity index (χ0n) is 16.2. The van der Waals surface area contributed by atoms with E-state index in [4.69, 9.17) is 4.98 Å². The van der Waals surface area contributed by atoms with E-state index in [2.05, 4.69) is 14.9 Å². The molecule has 2 fully saturated rings. The van der Waals surface area contributed by atoms with Gasteiger partial charge < -0.3 is 10.0 Å². The van der Waals surface area contributed by atoms with Crippen molar-refractivity contribution >= 4 is 39.1 Å². The summed E-state index contributed by atoms with van der Waals surface area (Å²) in [4.78, 5) is 31.9. The number of carbonyl (C=O) groups is 1. The van der Waals surface area contributed by atoms with E-state index in [1.807, 2.05) is 36.3 Å². The normalized spacial score (nSPS) is 20.8. The summed E-state index contributed by atoms with van der Waals surface area (Å²) in [7, 11) is 1.95. The summed E-state index contributed by atoms with van der Waals surface area (Å²) in [6.45, 7) is 3.36. The smallest absolute Gasteiger partial charge is 0.242 e. The average Bonchev–Trinajstić information content (AvgIpc) is 3.34. The Morgan fingerprint density at radius 1 is 1.14 bits per heavy atom. The molecule has 150 valence electrons. The number of aliphatic hydroxyl groups excluding tert-OH is 1. The minimum Gasteiger partial charge on any atom is -0.391 e. The lowest BCUT2D eigenvalue weighted by atomic mass is 10.3. The van der Waals surface area contributed by atoms with E-state index < -0.39 is 0 Å². The maximum absolute atomic E-state index is 12.3. The zero-order chi connectivity index (χ0) is 20.0. The van der Waals surface area contributed by atoms with E-state index in [0.717, 1.165) is 46.1 Å². The molecule has 0 bridgehead atoms. The van der Waals surface area contributed by atoms with Gasteiger partial charge in [0.1, 0.15) is 22.2 Å². The summed E-state index contributed by atoms with van der Waals surface area (Å²) in [5.41, 5.74) is 1.77. The van der Waals surface area contributed by atoms with E-state index in [9.17, 15) is 9.90 Å². The van der Waals surface area contributed by atoms with Crippen LogP contribution in [-0.4, -0.2) is 76.7 Å². The van der Waals surface area contributed by atoms with Gasteiger partial charge in [0.25, 0.3) is 0 Å². The van der Waals surface area contributed by atoms with E-state index in [-0.39, 0.29) is 12.0 Å². The van der Waals surface area contributed by atoms with E-state index in [1.54, 1.807) is 22.4 Å². The Labute approximate surface area is 172 Å².